The van der Waals surface area contributed by atoms with Crippen LogP contribution in [0.4, 0.5) is 0 Å². The van der Waals surface area contributed by atoms with E-state index >= 15 is 0 Å². The van der Waals surface area contributed by atoms with Crippen molar-refractivity contribution in [3.05, 3.63) is 80.7 Å². The Morgan fingerprint density at radius 2 is 1.70 bits per heavy atom. The predicted octanol–water partition coefficient (Wildman–Crippen LogP) is 6.19. The third-order valence-corrected chi connectivity index (χ3v) is 6.03. The van der Waals surface area contributed by atoms with Gasteiger partial charge in [-0.05, 0) is 80.2 Å². The summed E-state index contributed by atoms with van der Waals surface area (Å²) in [5, 5.41) is 18.6. The fourth-order valence-corrected chi connectivity index (χ4v) is 4.18. The number of benzene rings is 3. The van der Waals surface area contributed by atoms with Crippen molar-refractivity contribution in [2.45, 2.75) is 12.3 Å². The molecule has 0 saturated carbocycles. The van der Waals surface area contributed by atoms with Gasteiger partial charge in [-0.3, -0.25) is 9.45 Å². The number of halogens is 2. The summed E-state index contributed by atoms with van der Waals surface area (Å²) in [5.74, 6) is -0.469. The summed E-state index contributed by atoms with van der Waals surface area (Å²) >= 11 is 6.57. The number of phenolic OH excluding ortho intramolecular Hbond substituents is 1. The van der Waals surface area contributed by atoms with Gasteiger partial charge in [-0.25, -0.2) is 9.68 Å². The van der Waals surface area contributed by atoms with Crippen molar-refractivity contribution in [1.29, 1.82) is 0 Å². The van der Waals surface area contributed by atoms with E-state index in [1.165, 1.54) is 19.1 Å². The van der Waals surface area contributed by atoms with Gasteiger partial charge in [0.05, 0.1) is 14.5 Å². The molecule has 2 N–H and O–H groups in total. The van der Waals surface area contributed by atoms with Gasteiger partial charge in [0.25, 0.3) is 0 Å². The molecular formula is C21H15Br2O6P. The highest BCUT2D eigenvalue weighted by Crippen LogP contribution is 2.41. The maximum absolute atomic E-state index is 12.5. The van der Waals surface area contributed by atoms with E-state index in [0.717, 1.165) is 0 Å². The molecular weight excluding hydrogens is 539 g/mol. The molecule has 0 aliphatic carbocycles. The topological polar surface area (TPSA) is 93.1 Å². The summed E-state index contributed by atoms with van der Waals surface area (Å²) in [4.78, 5) is 22.6. The van der Waals surface area contributed by atoms with E-state index in [1.54, 1.807) is 48.5 Å². The summed E-state index contributed by atoms with van der Waals surface area (Å²) in [6.07, 6.45) is 0. The summed E-state index contributed by atoms with van der Waals surface area (Å²) in [5.41, 5.74) is 1.83. The van der Waals surface area contributed by atoms with E-state index in [4.69, 9.17) is 9.78 Å². The second kappa shape index (κ2) is 9.27. The van der Waals surface area contributed by atoms with Crippen molar-refractivity contribution in [3.63, 3.8) is 0 Å². The highest BCUT2D eigenvalue weighted by Gasteiger charge is 2.26. The summed E-state index contributed by atoms with van der Waals surface area (Å²) in [6.45, 7) is 1.40. The van der Waals surface area contributed by atoms with E-state index in [0.29, 0.717) is 25.6 Å². The summed E-state index contributed by atoms with van der Waals surface area (Å²) < 4.78 is 11.9. The maximum Gasteiger partial charge on any atom is 0.386 e. The predicted molar refractivity (Wildman–Crippen MR) is 119 cm³/mol. The van der Waals surface area contributed by atoms with E-state index in [2.05, 4.69) is 31.9 Å². The van der Waals surface area contributed by atoms with E-state index < -0.39 is 19.8 Å². The molecule has 0 spiro atoms. The number of rotatable bonds is 6. The molecule has 6 nitrogen and oxygen atoms in total. The molecule has 154 valence electrons. The number of aromatic hydroxyl groups is 1. The smallest absolute Gasteiger partial charge is 0.386 e. The van der Waals surface area contributed by atoms with Gasteiger partial charge in [0.2, 0.25) is 5.75 Å². The van der Waals surface area contributed by atoms with Gasteiger partial charge in [-0.2, -0.15) is 0 Å². The number of carbonyl (C=O) groups is 1. The largest absolute Gasteiger partial charge is 0.507 e. The monoisotopic (exact) mass is 552 g/mol. The Kier molecular flexibility index (Phi) is 6.93. The number of hydrogen-bond donors (Lipinski definition) is 2. The minimum absolute atomic E-state index is 0.0977. The zero-order chi connectivity index (χ0) is 21.9. The van der Waals surface area contributed by atoms with Crippen LogP contribution in [0.15, 0.2) is 69.6 Å². The molecule has 1 unspecified atom stereocenters. The van der Waals surface area contributed by atoms with Crippen LogP contribution in [0.1, 0.15) is 22.8 Å². The minimum atomic E-state index is -1.58. The lowest BCUT2D eigenvalue weighted by molar-refractivity contribution is -0.150. The number of aliphatic hydroxyl groups is 1. The summed E-state index contributed by atoms with van der Waals surface area (Å²) in [6, 6.07) is 16.4. The van der Waals surface area contributed by atoms with Gasteiger partial charge in [-0.15, -0.1) is 0 Å². The Balaban J connectivity index is 1.79. The third kappa shape index (κ3) is 4.90. The first-order valence-electron chi connectivity index (χ1n) is 8.56. The zero-order valence-corrected chi connectivity index (χ0v) is 19.6. The van der Waals surface area contributed by atoms with E-state index in [1.807, 2.05) is 0 Å². The fourth-order valence-electron chi connectivity index (χ4n) is 2.62. The first-order valence-corrected chi connectivity index (χ1v) is 11.0. The standard InChI is InChI=1S/C21H15Br2O6P/c1-21(26,30-27)14-10-16(22)19(17(23)11-14)28-29-20(25)13-6-4-5-12(9-13)15-7-2-3-8-18(15)24/h2-11,24,26H,1H3. The van der Waals surface area contributed by atoms with Crippen LogP contribution in [-0.2, 0) is 14.8 Å². The molecule has 3 aromatic carbocycles. The first-order chi connectivity index (χ1) is 14.2. The maximum atomic E-state index is 12.5. The van der Waals surface area contributed by atoms with Crippen LogP contribution >= 0.6 is 40.3 Å². The van der Waals surface area contributed by atoms with Crippen LogP contribution < -0.4 is 4.89 Å². The Morgan fingerprint density at radius 1 is 1.03 bits per heavy atom. The SMILES string of the molecule is CC(O)(P=O)c1cc(Br)c(OOC(=O)c2cccc(-c3ccccc3O)c2)c(Br)c1. The Morgan fingerprint density at radius 3 is 2.33 bits per heavy atom. The Bertz CT molecular complexity index is 1090. The molecule has 0 aliphatic rings. The first kappa shape index (κ1) is 22.4. The molecule has 9 heteroatoms. The highest BCUT2D eigenvalue weighted by molar-refractivity contribution is 9.11. The molecule has 0 bridgehead atoms. The lowest BCUT2D eigenvalue weighted by atomic mass is 10.0. The number of hydrogen-bond acceptors (Lipinski definition) is 6. The second-order valence-electron chi connectivity index (χ2n) is 6.43. The molecule has 3 aromatic rings. The molecule has 0 heterocycles. The Labute approximate surface area is 190 Å². The third-order valence-electron chi connectivity index (χ3n) is 4.24. The summed E-state index contributed by atoms with van der Waals surface area (Å²) in [7, 11) is -0.463. The van der Waals surface area contributed by atoms with Gasteiger partial charge < -0.3 is 10.2 Å². The van der Waals surface area contributed by atoms with Gasteiger partial charge in [0.15, 0.2) is 13.8 Å². The fraction of sp³-hybridized carbons (Fsp3) is 0.0952. The average molecular weight is 554 g/mol. The van der Waals surface area contributed by atoms with Crippen molar-refractivity contribution in [3.8, 4) is 22.6 Å². The normalized spacial score (nSPS) is 12.9. The van der Waals surface area contributed by atoms with Crippen LogP contribution in [0.3, 0.4) is 0 Å². The molecule has 0 radical (unpaired) electrons. The molecule has 0 saturated heterocycles. The van der Waals surface area contributed by atoms with Gasteiger partial charge >= 0.3 is 5.97 Å². The molecule has 30 heavy (non-hydrogen) atoms. The van der Waals surface area contributed by atoms with Gasteiger partial charge in [0, 0.05) is 5.56 Å². The van der Waals surface area contributed by atoms with Crippen LogP contribution in [0.2, 0.25) is 0 Å². The van der Waals surface area contributed by atoms with Crippen LogP contribution in [-0.4, -0.2) is 16.2 Å². The van der Waals surface area contributed by atoms with E-state index in [9.17, 15) is 19.6 Å². The van der Waals surface area contributed by atoms with Crippen molar-refractivity contribution < 1.29 is 29.3 Å². The molecule has 0 aliphatic heterocycles. The lowest BCUT2D eigenvalue weighted by Crippen LogP contribution is -2.13. The van der Waals surface area contributed by atoms with Gasteiger partial charge in [-0.1, -0.05) is 30.3 Å². The Hall–Kier alpha value is -2.25. The van der Waals surface area contributed by atoms with E-state index in [-0.39, 0.29) is 17.1 Å². The van der Waals surface area contributed by atoms with Crippen LogP contribution in [0.25, 0.3) is 11.1 Å². The van der Waals surface area contributed by atoms with Crippen molar-refractivity contribution in [2.24, 2.45) is 0 Å². The molecule has 0 fully saturated rings. The molecule has 0 amide bonds. The number of carbonyl (C=O) groups excluding carboxylic acids is 1. The van der Waals surface area contributed by atoms with Crippen molar-refractivity contribution in [2.75, 3.05) is 0 Å². The number of phenols is 1. The quantitative estimate of drug-likeness (QED) is 0.215. The highest BCUT2D eigenvalue weighted by atomic mass is 79.9. The molecule has 3 rings (SSSR count). The second-order valence-corrected chi connectivity index (χ2v) is 9.20. The zero-order valence-electron chi connectivity index (χ0n) is 15.5. The van der Waals surface area contributed by atoms with Crippen LogP contribution in [0.5, 0.6) is 11.5 Å². The van der Waals surface area contributed by atoms with Gasteiger partial charge in [0.1, 0.15) is 5.75 Å². The average Bonchev–Trinajstić information content (AvgIpc) is 2.73. The lowest BCUT2D eigenvalue weighted by Gasteiger charge is -2.17. The minimum Gasteiger partial charge on any atom is -0.507 e. The van der Waals surface area contributed by atoms with Crippen molar-refractivity contribution in [1.82, 2.24) is 0 Å². The molecule has 0 aromatic heterocycles. The number of para-hydroxylation sites is 1. The van der Waals surface area contributed by atoms with Crippen molar-refractivity contribution >= 4 is 46.3 Å². The van der Waals surface area contributed by atoms with Crippen LogP contribution in [0, 0.1) is 0 Å². The molecule has 1 atom stereocenters.